The van der Waals surface area contributed by atoms with Crippen LogP contribution in [-0.2, 0) is 19.4 Å². The predicted octanol–water partition coefficient (Wildman–Crippen LogP) is 5.09. The molecule has 0 amide bonds. The van der Waals surface area contributed by atoms with Gasteiger partial charge in [0, 0.05) is 32.4 Å². The number of hydrogen-bond donors (Lipinski definition) is 3. The second kappa shape index (κ2) is 9.44. The van der Waals surface area contributed by atoms with E-state index in [4.69, 9.17) is 0 Å². The van der Waals surface area contributed by atoms with E-state index in [1.54, 1.807) is 23.8 Å². The van der Waals surface area contributed by atoms with E-state index >= 15 is 0 Å². The Balaban J connectivity index is 1.86. The molecule has 0 saturated carbocycles. The summed E-state index contributed by atoms with van der Waals surface area (Å²) in [4.78, 5) is 3.95. The minimum atomic E-state index is -4.95. The van der Waals surface area contributed by atoms with Gasteiger partial charge in [-0.2, -0.15) is 36.5 Å². The Kier molecular flexibility index (Phi) is 7.12. The minimum Gasteiger partial charge on any atom is -0.349 e. The van der Waals surface area contributed by atoms with Crippen molar-refractivity contribution in [2.45, 2.75) is 39.3 Å². The molecule has 0 aliphatic carbocycles. The fourth-order valence-corrected chi connectivity index (χ4v) is 3.83. The van der Waals surface area contributed by atoms with Crippen molar-refractivity contribution in [1.82, 2.24) is 20.2 Å². The lowest BCUT2D eigenvalue weighted by Crippen LogP contribution is -2.51. The Bertz CT molecular complexity index is 1110. The number of hydrogen-bond acceptors (Lipinski definition) is 4. The number of aliphatic imine (C=N–C) groups is 1. The van der Waals surface area contributed by atoms with E-state index in [1.807, 2.05) is 26.8 Å². The first-order valence-electron chi connectivity index (χ1n) is 10.7. The molecule has 0 fully saturated rings. The molecule has 192 valence electrons. The highest BCUT2D eigenvalue weighted by Crippen LogP contribution is 2.38. The molecule has 0 radical (unpaired) electrons. The third-order valence-electron chi connectivity index (χ3n) is 5.53. The van der Waals surface area contributed by atoms with Crippen LogP contribution >= 0.6 is 0 Å². The number of likely N-dealkylation sites (N-methyl/N-ethyl adjacent to an activating group) is 1. The molecule has 0 saturated heterocycles. The molecule has 3 N–H and O–H groups in total. The van der Waals surface area contributed by atoms with Crippen molar-refractivity contribution in [2.24, 2.45) is 18.0 Å². The molecule has 35 heavy (non-hydrogen) atoms. The molecule has 0 bridgehead atoms. The zero-order valence-electron chi connectivity index (χ0n) is 20.0. The third-order valence-corrected chi connectivity index (χ3v) is 5.53. The molecule has 1 aromatic carbocycles. The van der Waals surface area contributed by atoms with Crippen LogP contribution in [0, 0.1) is 12.8 Å². The first-order chi connectivity index (χ1) is 16.1. The largest absolute Gasteiger partial charge is 0.416 e. The van der Waals surface area contributed by atoms with Crippen molar-refractivity contribution >= 4 is 23.0 Å². The summed E-state index contributed by atoms with van der Waals surface area (Å²) < 4.78 is 80.9. The lowest BCUT2D eigenvalue weighted by Gasteiger charge is -2.33. The van der Waals surface area contributed by atoms with E-state index in [9.17, 15) is 26.3 Å². The maximum atomic E-state index is 13.2. The highest BCUT2D eigenvalue weighted by Gasteiger charge is 2.37. The van der Waals surface area contributed by atoms with Gasteiger partial charge in [-0.05, 0) is 42.7 Å². The Hall–Kier alpha value is -3.22. The molecule has 0 spiro atoms. The highest BCUT2D eigenvalue weighted by molar-refractivity contribution is 5.93. The number of aromatic nitrogens is 2. The van der Waals surface area contributed by atoms with Crippen LogP contribution in [-0.4, -0.2) is 41.0 Å². The van der Waals surface area contributed by atoms with Gasteiger partial charge in [-0.3, -0.25) is 15.1 Å². The van der Waals surface area contributed by atoms with E-state index < -0.39 is 35.3 Å². The van der Waals surface area contributed by atoms with Crippen molar-refractivity contribution in [2.75, 3.05) is 24.7 Å². The van der Waals surface area contributed by atoms with Gasteiger partial charge in [0.05, 0.1) is 16.8 Å². The first-order valence-corrected chi connectivity index (χ1v) is 10.7. The number of allylic oxidation sites excluding steroid dienone is 1. The van der Waals surface area contributed by atoms with Gasteiger partial charge >= 0.3 is 12.4 Å². The number of fused-ring (bicyclic) bond motifs is 1. The topological polar surface area (TPSA) is 69.5 Å². The number of halogens is 6. The maximum Gasteiger partial charge on any atom is 0.416 e. The zero-order valence-corrected chi connectivity index (χ0v) is 20.0. The average molecular weight is 503 g/mol. The number of hydrazine groups is 1. The molecular formula is C22H27F6N7. The van der Waals surface area contributed by atoms with E-state index in [0.717, 1.165) is 22.6 Å². The molecule has 3 rings (SSSR count). The summed E-state index contributed by atoms with van der Waals surface area (Å²) in [6, 6.07) is 1.27. The Labute approximate surface area is 198 Å². The van der Waals surface area contributed by atoms with Crippen molar-refractivity contribution < 1.29 is 26.3 Å². The summed E-state index contributed by atoms with van der Waals surface area (Å²) in [5.41, 5.74) is 2.56. The van der Waals surface area contributed by atoms with Crippen molar-refractivity contribution in [1.29, 1.82) is 0 Å². The van der Waals surface area contributed by atoms with E-state index in [1.165, 1.54) is 7.05 Å². The normalized spacial score (nSPS) is 16.8. The summed E-state index contributed by atoms with van der Waals surface area (Å²) >= 11 is 0. The van der Waals surface area contributed by atoms with E-state index in [0.29, 0.717) is 12.1 Å². The van der Waals surface area contributed by atoms with Gasteiger partial charge in [0.15, 0.2) is 0 Å². The number of benzene rings is 1. The minimum absolute atomic E-state index is 0.0479. The standard InChI is InChI=1S/C22H27F6N7/c1-11(2)16-10-17(31-19-18(16)12(3)32-35(19)6)34(5)33-20(29-4)30-15-8-13(21(23,24)25)7-14(9-15)22(26,27)28/h7-11,17,31H,1-6H3,(H2,29,30,33). The van der Waals surface area contributed by atoms with E-state index in [-0.39, 0.29) is 17.9 Å². The number of nitrogens with zero attached hydrogens (tertiary/aromatic N) is 4. The third kappa shape index (κ3) is 5.72. The van der Waals surface area contributed by atoms with Gasteiger partial charge in [-0.1, -0.05) is 13.8 Å². The second-order valence-electron chi connectivity index (χ2n) is 8.51. The number of aryl methyl sites for hydroxylation is 2. The van der Waals surface area contributed by atoms with Gasteiger partial charge in [0.1, 0.15) is 12.0 Å². The van der Waals surface area contributed by atoms with Crippen molar-refractivity contribution in [3.8, 4) is 0 Å². The molecule has 1 aromatic heterocycles. The molecule has 1 aliphatic heterocycles. The molecule has 1 unspecified atom stereocenters. The summed E-state index contributed by atoms with van der Waals surface area (Å²) in [7, 11) is 4.83. The Morgan fingerprint density at radius 2 is 1.69 bits per heavy atom. The molecule has 1 atom stereocenters. The maximum absolute atomic E-state index is 13.2. The van der Waals surface area contributed by atoms with Crippen LogP contribution in [0.1, 0.15) is 36.2 Å². The lowest BCUT2D eigenvalue weighted by molar-refractivity contribution is -0.143. The molecule has 2 heterocycles. The summed E-state index contributed by atoms with van der Waals surface area (Å²) in [6.45, 7) is 6.00. The number of nitrogens with one attached hydrogen (secondary N) is 3. The molecule has 1 aliphatic rings. The van der Waals surface area contributed by atoms with Crippen LogP contribution in [0.4, 0.5) is 37.8 Å². The van der Waals surface area contributed by atoms with E-state index in [2.05, 4.69) is 26.2 Å². The van der Waals surface area contributed by atoms with Crippen LogP contribution in [0.3, 0.4) is 0 Å². The number of anilines is 2. The zero-order chi connectivity index (χ0) is 26.3. The number of guanidine groups is 1. The summed E-state index contributed by atoms with van der Waals surface area (Å²) in [5, 5.41) is 11.9. The lowest BCUT2D eigenvalue weighted by atomic mass is 9.92. The fraction of sp³-hybridized carbons (Fsp3) is 0.455. The molecular weight excluding hydrogens is 476 g/mol. The average Bonchev–Trinajstić information content (AvgIpc) is 3.04. The highest BCUT2D eigenvalue weighted by atomic mass is 19.4. The molecule has 13 heteroatoms. The smallest absolute Gasteiger partial charge is 0.349 e. The monoisotopic (exact) mass is 503 g/mol. The fourth-order valence-electron chi connectivity index (χ4n) is 3.83. The predicted molar refractivity (Wildman–Crippen MR) is 122 cm³/mol. The van der Waals surface area contributed by atoms with Gasteiger partial charge in [-0.15, -0.1) is 0 Å². The SMILES string of the molecule is CN=C(Nc1cc(C(F)(F)F)cc(C(F)(F)F)c1)NN(C)C1C=C(C(C)C)c2c(C)nn(C)c2N1. The summed E-state index contributed by atoms with van der Waals surface area (Å²) in [5.74, 6) is 0.925. The van der Waals surface area contributed by atoms with Gasteiger partial charge in [0.25, 0.3) is 0 Å². The van der Waals surface area contributed by atoms with Crippen LogP contribution in [0.2, 0.25) is 0 Å². The Morgan fingerprint density at radius 1 is 1.11 bits per heavy atom. The van der Waals surface area contributed by atoms with Crippen LogP contribution in [0.25, 0.3) is 5.57 Å². The quantitative estimate of drug-likeness (QED) is 0.235. The molecule has 7 nitrogen and oxygen atoms in total. The van der Waals surface area contributed by atoms with Gasteiger partial charge in [0.2, 0.25) is 5.96 Å². The van der Waals surface area contributed by atoms with Crippen LogP contribution in [0.15, 0.2) is 29.3 Å². The van der Waals surface area contributed by atoms with Gasteiger partial charge in [-0.25, -0.2) is 0 Å². The van der Waals surface area contributed by atoms with Crippen LogP contribution < -0.4 is 16.1 Å². The Morgan fingerprint density at radius 3 is 2.17 bits per heavy atom. The second-order valence-corrected chi connectivity index (χ2v) is 8.51. The van der Waals surface area contributed by atoms with Gasteiger partial charge < -0.3 is 10.6 Å². The number of rotatable bonds is 4. The molecule has 2 aromatic rings. The summed E-state index contributed by atoms with van der Waals surface area (Å²) in [6.07, 6.45) is -8.34. The van der Waals surface area contributed by atoms with Crippen LogP contribution in [0.5, 0.6) is 0 Å². The van der Waals surface area contributed by atoms with Crippen molar-refractivity contribution in [3.63, 3.8) is 0 Å². The van der Waals surface area contributed by atoms with Crippen molar-refractivity contribution in [3.05, 3.63) is 46.7 Å². The number of alkyl halides is 6. The first kappa shape index (κ1) is 26.4.